The number of hydrogen-bond acceptors (Lipinski definition) is 3. The SMILES string of the molecule is CN(C)CC1CCCN1C(=O)NC1CCCCC1C(=O)O. The van der Waals surface area contributed by atoms with Crippen LogP contribution in [-0.2, 0) is 4.79 Å². The molecule has 1 heterocycles. The zero-order valence-electron chi connectivity index (χ0n) is 13.0. The molecule has 1 saturated carbocycles. The number of carboxylic acid groups (broad SMARTS) is 1. The molecule has 3 atom stereocenters. The van der Waals surface area contributed by atoms with Gasteiger partial charge in [0.1, 0.15) is 0 Å². The molecule has 0 radical (unpaired) electrons. The summed E-state index contributed by atoms with van der Waals surface area (Å²) >= 11 is 0. The summed E-state index contributed by atoms with van der Waals surface area (Å²) in [7, 11) is 4.02. The fourth-order valence-corrected chi connectivity index (χ4v) is 3.56. The maximum atomic E-state index is 12.5. The van der Waals surface area contributed by atoms with Gasteiger partial charge in [-0.25, -0.2) is 4.79 Å². The summed E-state index contributed by atoms with van der Waals surface area (Å²) in [6, 6.07) is -0.0614. The minimum absolute atomic E-state index is 0.0856. The Kier molecular flexibility index (Phi) is 5.45. The number of carbonyl (C=O) groups is 2. The van der Waals surface area contributed by atoms with Crippen molar-refractivity contribution in [2.24, 2.45) is 5.92 Å². The number of carboxylic acids is 1. The summed E-state index contributed by atoms with van der Waals surface area (Å²) in [5.74, 6) is -1.22. The molecule has 21 heavy (non-hydrogen) atoms. The maximum absolute atomic E-state index is 12.5. The van der Waals surface area contributed by atoms with Crippen molar-refractivity contribution in [2.45, 2.75) is 50.6 Å². The second-order valence-corrected chi connectivity index (χ2v) is 6.54. The average Bonchev–Trinajstić information content (AvgIpc) is 2.86. The minimum atomic E-state index is -0.786. The Labute approximate surface area is 126 Å². The van der Waals surface area contributed by atoms with Gasteiger partial charge in [-0.3, -0.25) is 4.79 Å². The van der Waals surface area contributed by atoms with Crippen LogP contribution >= 0.6 is 0 Å². The molecule has 2 N–H and O–H groups in total. The Hall–Kier alpha value is -1.30. The quantitative estimate of drug-likeness (QED) is 0.822. The maximum Gasteiger partial charge on any atom is 0.317 e. The lowest BCUT2D eigenvalue weighted by molar-refractivity contribution is -0.143. The number of nitrogens with one attached hydrogen (secondary N) is 1. The van der Waals surface area contributed by atoms with Crippen molar-refractivity contribution in [3.05, 3.63) is 0 Å². The minimum Gasteiger partial charge on any atom is -0.481 e. The number of amides is 2. The molecule has 0 spiro atoms. The van der Waals surface area contributed by atoms with Crippen LogP contribution in [0, 0.1) is 5.92 Å². The highest BCUT2D eigenvalue weighted by atomic mass is 16.4. The van der Waals surface area contributed by atoms with Crippen molar-refractivity contribution in [2.75, 3.05) is 27.2 Å². The zero-order valence-corrected chi connectivity index (χ0v) is 13.0. The number of nitrogens with zero attached hydrogens (tertiary/aromatic N) is 2. The largest absolute Gasteiger partial charge is 0.481 e. The van der Waals surface area contributed by atoms with Crippen LogP contribution in [0.4, 0.5) is 4.79 Å². The number of likely N-dealkylation sites (tertiary alicyclic amines) is 1. The second-order valence-electron chi connectivity index (χ2n) is 6.54. The molecule has 120 valence electrons. The number of aliphatic carboxylic acids is 1. The first-order valence-electron chi connectivity index (χ1n) is 7.93. The van der Waals surface area contributed by atoms with Crippen LogP contribution in [0.25, 0.3) is 0 Å². The molecule has 1 saturated heterocycles. The predicted molar refractivity (Wildman–Crippen MR) is 80.2 cm³/mol. The van der Waals surface area contributed by atoms with Gasteiger partial charge in [0.05, 0.1) is 5.92 Å². The molecule has 0 aromatic heterocycles. The first kappa shape index (κ1) is 16.1. The molecule has 6 heteroatoms. The third-order valence-corrected chi connectivity index (χ3v) is 4.61. The van der Waals surface area contributed by atoms with E-state index in [1.54, 1.807) is 0 Å². The normalized spacial score (nSPS) is 29.7. The van der Waals surface area contributed by atoms with Crippen LogP contribution in [0.5, 0.6) is 0 Å². The van der Waals surface area contributed by atoms with Crippen molar-refractivity contribution >= 4 is 12.0 Å². The Balaban J connectivity index is 1.94. The van der Waals surface area contributed by atoms with Gasteiger partial charge in [0.15, 0.2) is 0 Å². The van der Waals surface area contributed by atoms with Gasteiger partial charge in [-0.05, 0) is 39.8 Å². The van der Waals surface area contributed by atoms with E-state index in [9.17, 15) is 14.7 Å². The highest BCUT2D eigenvalue weighted by Crippen LogP contribution is 2.25. The molecule has 2 aliphatic rings. The van der Waals surface area contributed by atoms with Crippen LogP contribution in [0.3, 0.4) is 0 Å². The highest BCUT2D eigenvalue weighted by molar-refractivity contribution is 5.77. The summed E-state index contributed by atoms with van der Waals surface area (Å²) in [6.45, 7) is 1.63. The zero-order chi connectivity index (χ0) is 15.4. The third kappa shape index (κ3) is 4.09. The third-order valence-electron chi connectivity index (χ3n) is 4.61. The lowest BCUT2D eigenvalue weighted by Gasteiger charge is -2.33. The second kappa shape index (κ2) is 7.11. The lowest BCUT2D eigenvalue weighted by Crippen LogP contribution is -2.52. The molecule has 2 rings (SSSR count). The summed E-state index contributed by atoms with van der Waals surface area (Å²) in [6.07, 6.45) is 5.43. The smallest absolute Gasteiger partial charge is 0.317 e. The van der Waals surface area contributed by atoms with Crippen LogP contribution < -0.4 is 5.32 Å². The number of likely N-dealkylation sites (N-methyl/N-ethyl adjacent to an activating group) is 1. The van der Waals surface area contributed by atoms with Crippen LogP contribution in [0.1, 0.15) is 38.5 Å². The van der Waals surface area contributed by atoms with Crippen molar-refractivity contribution in [1.29, 1.82) is 0 Å². The van der Waals surface area contributed by atoms with Crippen LogP contribution in [-0.4, -0.2) is 66.2 Å². The Morgan fingerprint density at radius 3 is 2.57 bits per heavy atom. The Morgan fingerprint density at radius 1 is 1.19 bits per heavy atom. The van der Waals surface area contributed by atoms with Gasteiger partial charge in [-0.1, -0.05) is 12.8 Å². The number of urea groups is 1. The van der Waals surface area contributed by atoms with E-state index in [2.05, 4.69) is 10.2 Å². The standard InChI is InChI=1S/C15H27N3O3/c1-17(2)10-11-6-5-9-18(11)15(21)16-13-8-4-3-7-12(13)14(19)20/h11-13H,3-10H2,1-2H3,(H,16,21)(H,19,20). The van der Waals surface area contributed by atoms with E-state index in [4.69, 9.17) is 0 Å². The molecule has 2 fully saturated rings. The summed E-state index contributed by atoms with van der Waals surface area (Å²) in [5, 5.41) is 12.3. The Bertz CT molecular complexity index is 386. The monoisotopic (exact) mass is 297 g/mol. The highest BCUT2D eigenvalue weighted by Gasteiger charge is 2.35. The molecule has 6 nitrogen and oxygen atoms in total. The van der Waals surface area contributed by atoms with E-state index in [1.165, 1.54) is 0 Å². The van der Waals surface area contributed by atoms with Gasteiger partial charge in [-0.15, -0.1) is 0 Å². The van der Waals surface area contributed by atoms with Crippen molar-refractivity contribution in [3.8, 4) is 0 Å². The molecule has 1 aliphatic carbocycles. The van der Waals surface area contributed by atoms with Gasteiger partial charge < -0.3 is 20.2 Å². The van der Waals surface area contributed by atoms with Gasteiger partial charge in [0.2, 0.25) is 0 Å². The average molecular weight is 297 g/mol. The van der Waals surface area contributed by atoms with Crippen molar-refractivity contribution < 1.29 is 14.7 Å². The van der Waals surface area contributed by atoms with Gasteiger partial charge >= 0.3 is 12.0 Å². The van der Waals surface area contributed by atoms with Crippen molar-refractivity contribution in [3.63, 3.8) is 0 Å². The number of hydrogen-bond donors (Lipinski definition) is 2. The van der Waals surface area contributed by atoms with E-state index in [0.29, 0.717) is 6.42 Å². The molecular formula is C15H27N3O3. The molecule has 0 bridgehead atoms. The molecule has 2 amide bonds. The number of carbonyl (C=O) groups excluding carboxylic acids is 1. The van der Waals surface area contributed by atoms with E-state index in [-0.39, 0.29) is 18.1 Å². The summed E-state index contributed by atoms with van der Waals surface area (Å²) < 4.78 is 0. The molecule has 1 aliphatic heterocycles. The van der Waals surface area contributed by atoms with Gasteiger partial charge in [-0.2, -0.15) is 0 Å². The van der Waals surface area contributed by atoms with Crippen molar-refractivity contribution in [1.82, 2.24) is 15.1 Å². The summed E-state index contributed by atoms with van der Waals surface area (Å²) in [5.41, 5.74) is 0. The molecular weight excluding hydrogens is 270 g/mol. The fourth-order valence-electron chi connectivity index (χ4n) is 3.56. The van der Waals surface area contributed by atoms with Gasteiger partial charge in [0.25, 0.3) is 0 Å². The molecule has 0 aromatic rings. The summed E-state index contributed by atoms with van der Waals surface area (Å²) in [4.78, 5) is 27.8. The first-order chi connectivity index (χ1) is 9.99. The molecule has 3 unspecified atom stereocenters. The van der Waals surface area contributed by atoms with E-state index in [1.807, 2.05) is 19.0 Å². The Morgan fingerprint density at radius 2 is 1.90 bits per heavy atom. The van der Waals surface area contributed by atoms with Crippen LogP contribution in [0.15, 0.2) is 0 Å². The number of rotatable bonds is 4. The lowest BCUT2D eigenvalue weighted by atomic mass is 9.84. The van der Waals surface area contributed by atoms with E-state index < -0.39 is 11.9 Å². The predicted octanol–water partition coefficient (Wildman–Crippen LogP) is 1.37. The van der Waals surface area contributed by atoms with E-state index in [0.717, 1.165) is 45.2 Å². The topological polar surface area (TPSA) is 72.9 Å². The molecule has 0 aromatic carbocycles. The first-order valence-corrected chi connectivity index (χ1v) is 7.93. The van der Waals surface area contributed by atoms with Crippen LogP contribution in [0.2, 0.25) is 0 Å². The fraction of sp³-hybridized carbons (Fsp3) is 0.867. The van der Waals surface area contributed by atoms with Gasteiger partial charge in [0, 0.05) is 25.2 Å². The van der Waals surface area contributed by atoms with E-state index >= 15 is 0 Å².